The molecule has 0 saturated carbocycles. The van der Waals surface area contributed by atoms with Crippen molar-refractivity contribution < 1.29 is 23.4 Å². The van der Waals surface area contributed by atoms with Crippen LogP contribution >= 0.6 is 0 Å². The third-order valence-corrected chi connectivity index (χ3v) is 4.45. The van der Waals surface area contributed by atoms with Gasteiger partial charge in [0.1, 0.15) is 17.7 Å². The largest absolute Gasteiger partial charge is 0.508 e. The number of phenols is 1. The summed E-state index contributed by atoms with van der Waals surface area (Å²) >= 11 is 0. The Labute approximate surface area is 159 Å². The van der Waals surface area contributed by atoms with Gasteiger partial charge in [-0.1, -0.05) is 24.3 Å². The van der Waals surface area contributed by atoms with Crippen molar-refractivity contribution in [3.63, 3.8) is 0 Å². The summed E-state index contributed by atoms with van der Waals surface area (Å²) in [6.07, 6.45) is -0.587. The van der Waals surface area contributed by atoms with E-state index < -0.39 is 12.8 Å². The number of amides is 1. The van der Waals surface area contributed by atoms with E-state index in [1.54, 1.807) is 54.6 Å². The van der Waals surface area contributed by atoms with Crippen LogP contribution in [-0.4, -0.2) is 17.6 Å². The van der Waals surface area contributed by atoms with Gasteiger partial charge in [-0.2, -0.15) is 8.78 Å². The van der Waals surface area contributed by atoms with Gasteiger partial charge in [0.2, 0.25) is 0 Å². The number of rotatable bonds is 4. The summed E-state index contributed by atoms with van der Waals surface area (Å²) in [5.41, 5.74) is 2.35. The molecule has 0 spiro atoms. The second kappa shape index (κ2) is 7.19. The number of carbonyl (C=O) groups is 1. The second-order valence-corrected chi connectivity index (χ2v) is 6.24. The second-order valence-electron chi connectivity index (χ2n) is 6.24. The van der Waals surface area contributed by atoms with E-state index in [0.717, 1.165) is 0 Å². The van der Waals surface area contributed by atoms with Gasteiger partial charge in [0, 0.05) is 11.4 Å². The molecule has 0 aromatic heterocycles. The molecule has 5 nitrogen and oxygen atoms in total. The number of nitrogens with one attached hydrogen (secondary N) is 1. The van der Waals surface area contributed by atoms with Gasteiger partial charge < -0.3 is 15.2 Å². The van der Waals surface area contributed by atoms with Crippen LogP contribution in [0.3, 0.4) is 0 Å². The number of halogens is 2. The molecule has 3 aromatic rings. The van der Waals surface area contributed by atoms with Gasteiger partial charge in [0.05, 0.1) is 5.56 Å². The zero-order valence-corrected chi connectivity index (χ0v) is 14.5. The average Bonchev–Trinajstić information content (AvgIpc) is 2.68. The molecule has 28 heavy (non-hydrogen) atoms. The minimum Gasteiger partial charge on any atom is -0.508 e. The van der Waals surface area contributed by atoms with Crippen LogP contribution in [0.25, 0.3) is 0 Å². The van der Waals surface area contributed by atoms with Gasteiger partial charge in [0.15, 0.2) is 0 Å². The normalized spacial score (nSPS) is 15.9. The SMILES string of the molecule is O=C1c2ccccc2NC(c2cccc(O)c2)N1c1ccc(OC(F)F)cc1. The van der Waals surface area contributed by atoms with E-state index in [1.165, 1.54) is 17.0 Å². The van der Waals surface area contributed by atoms with Gasteiger partial charge in [-0.25, -0.2) is 0 Å². The molecular formula is C21H16F2N2O3. The van der Waals surface area contributed by atoms with Gasteiger partial charge in [-0.15, -0.1) is 0 Å². The smallest absolute Gasteiger partial charge is 0.387 e. The van der Waals surface area contributed by atoms with Crippen molar-refractivity contribution in [2.45, 2.75) is 12.8 Å². The summed E-state index contributed by atoms with van der Waals surface area (Å²) < 4.78 is 29.2. The predicted octanol–water partition coefficient (Wildman–Crippen LogP) is 4.76. The maximum atomic E-state index is 13.2. The molecule has 1 aliphatic rings. The molecule has 142 valence electrons. The van der Waals surface area contributed by atoms with E-state index in [9.17, 15) is 18.7 Å². The summed E-state index contributed by atoms with van der Waals surface area (Å²) in [6.45, 7) is -2.92. The van der Waals surface area contributed by atoms with E-state index in [-0.39, 0.29) is 17.4 Å². The molecule has 4 rings (SSSR count). The van der Waals surface area contributed by atoms with Crippen molar-refractivity contribution in [1.29, 1.82) is 0 Å². The highest BCUT2D eigenvalue weighted by Crippen LogP contribution is 2.37. The molecular weight excluding hydrogens is 366 g/mol. The number of aromatic hydroxyl groups is 1. The number of para-hydroxylation sites is 1. The summed E-state index contributed by atoms with van der Waals surface area (Å²) in [5.74, 6) is -0.165. The molecule has 1 aliphatic heterocycles. The van der Waals surface area contributed by atoms with Crippen molar-refractivity contribution in [2.75, 3.05) is 10.2 Å². The van der Waals surface area contributed by atoms with Gasteiger partial charge in [-0.3, -0.25) is 9.69 Å². The van der Waals surface area contributed by atoms with Crippen molar-refractivity contribution >= 4 is 17.3 Å². The number of carbonyl (C=O) groups excluding carboxylic acids is 1. The number of fused-ring (bicyclic) bond motifs is 1. The number of phenolic OH excluding ortho intramolecular Hbond substituents is 1. The van der Waals surface area contributed by atoms with Crippen LogP contribution in [-0.2, 0) is 0 Å². The first-order valence-corrected chi connectivity index (χ1v) is 8.56. The lowest BCUT2D eigenvalue weighted by Gasteiger charge is -2.38. The first-order chi connectivity index (χ1) is 13.5. The lowest BCUT2D eigenvalue weighted by Crippen LogP contribution is -2.43. The predicted molar refractivity (Wildman–Crippen MR) is 101 cm³/mol. The fraction of sp³-hybridized carbons (Fsp3) is 0.0952. The fourth-order valence-corrected chi connectivity index (χ4v) is 3.24. The summed E-state index contributed by atoms with van der Waals surface area (Å²) in [5, 5.41) is 13.2. The Balaban J connectivity index is 1.78. The van der Waals surface area contributed by atoms with Crippen LogP contribution in [0.4, 0.5) is 20.2 Å². The van der Waals surface area contributed by atoms with Gasteiger partial charge in [0.25, 0.3) is 5.91 Å². The maximum absolute atomic E-state index is 13.2. The number of hydrogen-bond donors (Lipinski definition) is 2. The lowest BCUT2D eigenvalue weighted by molar-refractivity contribution is -0.0498. The Hall–Kier alpha value is -3.61. The van der Waals surface area contributed by atoms with Crippen molar-refractivity contribution in [3.8, 4) is 11.5 Å². The van der Waals surface area contributed by atoms with Crippen LogP contribution in [0.15, 0.2) is 72.8 Å². The minimum absolute atomic E-state index is 0.00507. The Morgan fingerprint density at radius 1 is 1.00 bits per heavy atom. The number of anilines is 2. The minimum atomic E-state index is -2.92. The number of nitrogens with zero attached hydrogens (tertiary/aromatic N) is 1. The Morgan fingerprint density at radius 2 is 1.75 bits per heavy atom. The summed E-state index contributed by atoms with van der Waals surface area (Å²) in [6, 6.07) is 19.6. The van der Waals surface area contributed by atoms with Crippen LogP contribution in [0.2, 0.25) is 0 Å². The first-order valence-electron chi connectivity index (χ1n) is 8.56. The highest BCUT2D eigenvalue weighted by Gasteiger charge is 2.34. The molecule has 1 heterocycles. The zero-order valence-electron chi connectivity index (χ0n) is 14.5. The summed E-state index contributed by atoms with van der Waals surface area (Å²) in [7, 11) is 0. The topological polar surface area (TPSA) is 61.8 Å². The van der Waals surface area contributed by atoms with E-state index in [4.69, 9.17) is 0 Å². The van der Waals surface area contributed by atoms with Crippen molar-refractivity contribution in [3.05, 3.63) is 83.9 Å². The van der Waals surface area contributed by atoms with Crippen LogP contribution < -0.4 is 15.0 Å². The fourth-order valence-electron chi connectivity index (χ4n) is 3.24. The third-order valence-electron chi connectivity index (χ3n) is 4.45. The highest BCUT2D eigenvalue weighted by molar-refractivity contribution is 6.12. The number of alkyl halides is 2. The Bertz CT molecular complexity index is 1010. The van der Waals surface area contributed by atoms with Crippen LogP contribution in [0, 0.1) is 0 Å². The molecule has 0 aliphatic carbocycles. The van der Waals surface area contributed by atoms with Gasteiger partial charge >= 0.3 is 6.61 Å². The lowest BCUT2D eigenvalue weighted by atomic mass is 10.0. The van der Waals surface area contributed by atoms with E-state index in [1.807, 2.05) is 6.07 Å². The zero-order chi connectivity index (χ0) is 19.7. The molecule has 1 unspecified atom stereocenters. The molecule has 1 atom stereocenters. The summed E-state index contributed by atoms with van der Waals surface area (Å²) in [4.78, 5) is 14.7. The molecule has 0 bridgehead atoms. The van der Waals surface area contributed by atoms with Gasteiger partial charge in [-0.05, 0) is 54.1 Å². The molecule has 0 saturated heterocycles. The standard InChI is InChI=1S/C21H16F2N2O3/c22-21(23)28-16-10-8-14(9-11-16)25-19(13-4-3-5-15(26)12-13)24-18-7-2-1-6-17(18)20(25)27/h1-12,19,21,24,26H. The molecule has 2 N–H and O–H groups in total. The highest BCUT2D eigenvalue weighted by atomic mass is 19.3. The quantitative estimate of drug-likeness (QED) is 0.683. The molecule has 0 fully saturated rings. The Kier molecular flexibility index (Phi) is 4.57. The molecule has 1 amide bonds. The van der Waals surface area contributed by atoms with Crippen molar-refractivity contribution in [2.24, 2.45) is 0 Å². The van der Waals surface area contributed by atoms with Crippen molar-refractivity contribution in [1.82, 2.24) is 0 Å². The van der Waals surface area contributed by atoms with E-state index in [2.05, 4.69) is 10.1 Å². The number of hydrogen-bond acceptors (Lipinski definition) is 4. The first kappa shape index (κ1) is 17.8. The molecule has 3 aromatic carbocycles. The molecule has 7 heteroatoms. The van der Waals surface area contributed by atoms with E-state index in [0.29, 0.717) is 22.5 Å². The monoisotopic (exact) mass is 382 g/mol. The average molecular weight is 382 g/mol. The van der Waals surface area contributed by atoms with Crippen LogP contribution in [0.5, 0.6) is 11.5 Å². The van der Waals surface area contributed by atoms with Crippen LogP contribution in [0.1, 0.15) is 22.1 Å². The number of benzene rings is 3. The number of ether oxygens (including phenoxy) is 1. The molecule has 0 radical (unpaired) electrons. The third kappa shape index (κ3) is 3.34. The van der Waals surface area contributed by atoms with E-state index >= 15 is 0 Å². The maximum Gasteiger partial charge on any atom is 0.387 e. The Morgan fingerprint density at radius 3 is 2.46 bits per heavy atom.